The lowest BCUT2D eigenvalue weighted by Crippen LogP contribution is -2.15. The predicted octanol–water partition coefficient (Wildman–Crippen LogP) is 3.98. The van der Waals surface area contributed by atoms with E-state index in [1.807, 2.05) is 6.07 Å². The Bertz CT molecular complexity index is 572. The summed E-state index contributed by atoms with van der Waals surface area (Å²) in [4.78, 5) is 1.35. The van der Waals surface area contributed by atoms with Gasteiger partial charge < -0.3 is 10.1 Å². The molecule has 0 atom stereocenters. The minimum atomic E-state index is 0.725. The molecule has 1 saturated carbocycles. The molecule has 0 aliphatic heterocycles. The van der Waals surface area contributed by atoms with Crippen LogP contribution in [0.1, 0.15) is 23.3 Å². The molecule has 0 saturated heterocycles. The second-order valence-corrected chi connectivity index (χ2v) is 6.24. The molecule has 3 rings (SSSR count). The smallest absolute Gasteiger partial charge is 0.119 e. The van der Waals surface area contributed by atoms with Gasteiger partial charge in [-0.05, 0) is 60.0 Å². The summed E-state index contributed by atoms with van der Waals surface area (Å²) >= 11 is 1.80. The minimum Gasteiger partial charge on any atom is -0.497 e. The normalized spacial score (nSPS) is 14.6. The fourth-order valence-electron chi connectivity index (χ4n) is 2.25. The highest BCUT2D eigenvalue weighted by Crippen LogP contribution is 2.31. The first-order valence-corrected chi connectivity index (χ1v) is 7.60. The van der Waals surface area contributed by atoms with E-state index >= 15 is 0 Å². The largest absolute Gasteiger partial charge is 0.497 e. The average Bonchev–Trinajstić information content (AvgIpc) is 3.17. The second kappa shape index (κ2) is 5.35. The van der Waals surface area contributed by atoms with E-state index in [0.717, 1.165) is 18.3 Å². The number of hydrogen-bond acceptors (Lipinski definition) is 3. The second-order valence-electron chi connectivity index (χ2n) is 5.12. The molecule has 100 valence electrons. The van der Waals surface area contributed by atoms with Gasteiger partial charge in [-0.2, -0.15) is 0 Å². The molecule has 1 aliphatic carbocycles. The molecule has 1 N–H and O–H groups in total. The molecule has 1 aliphatic rings. The molecule has 3 heteroatoms. The van der Waals surface area contributed by atoms with E-state index in [1.54, 1.807) is 18.4 Å². The van der Waals surface area contributed by atoms with Gasteiger partial charge in [0.15, 0.2) is 0 Å². The fraction of sp³-hybridized carbons (Fsp3) is 0.375. The Labute approximate surface area is 118 Å². The van der Waals surface area contributed by atoms with E-state index in [1.165, 1.54) is 34.4 Å². The number of rotatable bonds is 5. The topological polar surface area (TPSA) is 21.3 Å². The van der Waals surface area contributed by atoms with Crippen LogP contribution < -0.4 is 10.1 Å². The van der Waals surface area contributed by atoms with E-state index < -0.39 is 0 Å². The Hall–Kier alpha value is -1.32. The van der Waals surface area contributed by atoms with Crippen molar-refractivity contribution >= 4 is 11.3 Å². The van der Waals surface area contributed by atoms with Gasteiger partial charge in [0.25, 0.3) is 0 Å². The van der Waals surface area contributed by atoms with Crippen LogP contribution in [0.2, 0.25) is 0 Å². The first-order chi connectivity index (χ1) is 9.26. The van der Waals surface area contributed by atoms with Crippen LogP contribution in [-0.2, 0) is 6.54 Å². The Morgan fingerprint density at radius 3 is 2.79 bits per heavy atom. The van der Waals surface area contributed by atoms with Gasteiger partial charge >= 0.3 is 0 Å². The van der Waals surface area contributed by atoms with E-state index in [-0.39, 0.29) is 0 Å². The molecule has 0 unspecified atom stereocenters. The van der Waals surface area contributed by atoms with Gasteiger partial charge in [-0.25, -0.2) is 0 Å². The van der Waals surface area contributed by atoms with E-state index in [0.29, 0.717) is 0 Å². The van der Waals surface area contributed by atoms with Crippen LogP contribution >= 0.6 is 11.3 Å². The standard InChI is InChI=1S/C16H19NOS/c1-11-7-13(10-19-11)16-6-5-15(18-2)8-12(16)9-17-14-3-4-14/h5-8,10,14,17H,3-4,9H2,1-2H3. The molecular weight excluding hydrogens is 254 g/mol. The zero-order valence-corrected chi connectivity index (χ0v) is 12.2. The number of nitrogens with one attached hydrogen (secondary N) is 1. The lowest BCUT2D eigenvalue weighted by atomic mass is 10.0. The lowest BCUT2D eigenvalue weighted by molar-refractivity contribution is 0.414. The first kappa shape index (κ1) is 12.7. The van der Waals surface area contributed by atoms with E-state index in [9.17, 15) is 0 Å². The van der Waals surface area contributed by atoms with Crippen LogP contribution in [-0.4, -0.2) is 13.2 Å². The average molecular weight is 273 g/mol. The van der Waals surface area contributed by atoms with Crippen LogP contribution in [0, 0.1) is 6.92 Å². The van der Waals surface area contributed by atoms with Crippen molar-refractivity contribution in [3.8, 4) is 16.9 Å². The maximum Gasteiger partial charge on any atom is 0.119 e. The zero-order valence-electron chi connectivity index (χ0n) is 11.4. The number of aryl methyl sites for hydroxylation is 1. The van der Waals surface area contributed by atoms with Gasteiger partial charge in [0.05, 0.1) is 7.11 Å². The van der Waals surface area contributed by atoms with Gasteiger partial charge in [0, 0.05) is 17.5 Å². The molecule has 2 aromatic rings. The van der Waals surface area contributed by atoms with Gasteiger partial charge in [-0.1, -0.05) is 6.07 Å². The van der Waals surface area contributed by atoms with Crippen LogP contribution in [0.3, 0.4) is 0 Å². The molecule has 1 fully saturated rings. The zero-order chi connectivity index (χ0) is 13.2. The number of ether oxygens (including phenoxy) is 1. The van der Waals surface area contributed by atoms with Crippen molar-refractivity contribution in [1.82, 2.24) is 5.32 Å². The van der Waals surface area contributed by atoms with Crippen molar-refractivity contribution in [3.63, 3.8) is 0 Å². The Kier molecular flexibility index (Phi) is 3.58. The van der Waals surface area contributed by atoms with Crippen LogP contribution in [0.15, 0.2) is 29.6 Å². The third-order valence-corrected chi connectivity index (χ3v) is 4.37. The number of thiophene rings is 1. The van der Waals surface area contributed by atoms with Crippen molar-refractivity contribution in [3.05, 3.63) is 40.1 Å². The third-order valence-electron chi connectivity index (χ3n) is 3.51. The third kappa shape index (κ3) is 2.99. The van der Waals surface area contributed by atoms with E-state index in [4.69, 9.17) is 4.74 Å². The molecule has 0 amide bonds. The highest BCUT2D eigenvalue weighted by molar-refractivity contribution is 7.10. The molecule has 2 nitrogen and oxygen atoms in total. The summed E-state index contributed by atoms with van der Waals surface area (Å²) in [5.41, 5.74) is 3.96. The summed E-state index contributed by atoms with van der Waals surface area (Å²) in [6, 6.07) is 9.35. The summed E-state index contributed by atoms with van der Waals surface area (Å²) in [6.45, 7) is 3.08. The van der Waals surface area contributed by atoms with Crippen molar-refractivity contribution in [1.29, 1.82) is 0 Å². The number of methoxy groups -OCH3 is 1. The summed E-state index contributed by atoms with van der Waals surface area (Å²) in [5, 5.41) is 5.82. The van der Waals surface area contributed by atoms with Gasteiger partial charge in [0.1, 0.15) is 5.75 Å². The molecule has 1 aromatic carbocycles. The molecule has 19 heavy (non-hydrogen) atoms. The van der Waals surface area contributed by atoms with Crippen molar-refractivity contribution < 1.29 is 4.74 Å². The Morgan fingerprint density at radius 1 is 1.32 bits per heavy atom. The summed E-state index contributed by atoms with van der Waals surface area (Å²) in [7, 11) is 1.72. The molecular formula is C16H19NOS. The SMILES string of the molecule is COc1ccc(-c2csc(C)c2)c(CNC2CC2)c1. The first-order valence-electron chi connectivity index (χ1n) is 6.72. The Morgan fingerprint density at radius 2 is 2.16 bits per heavy atom. The van der Waals surface area contributed by atoms with Gasteiger partial charge in [-0.3, -0.25) is 0 Å². The monoisotopic (exact) mass is 273 g/mol. The van der Waals surface area contributed by atoms with Crippen molar-refractivity contribution in [2.45, 2.75) is 32.4 Å². The van der Waals surface area contributed by atoms with Gasteiger partial charge in [0.2, 0.25) is 0 Å². The summed E-state index contributed by atoms with van der Waals surface area (Å²) in [6.07, 6.45) is 2.63. The quantitative estimate of drug-likeness (QED) is 0.889. The highest BCUT2D eigenvalue weighted by atomic mass is 32.1. The predicted molar refractivity (Wildman–Crippen MR) is 80.9 cm³/mol. The van der Waals surface area contributed by atoms with Crippen molar-refractivity contribution in [2.75, 3.05) is 7.11 Å². The van der Waals surface area contributed by atoms with Crippen LogP contribution in [0.5, 0.6) is 5.75 Å². The fourth-order valence-corrected chi connectivity index (χ4v) is 2.95. The van der Waals surface area contributed by atoms with E-state index in [2.05, 4.69) is 35.8 Å². The van der Waals surface area contributed by atoms with Crippen LogP contribution in [0.4, 0.5) is 0 Å². The lowest BCUT2D eigenvalue weighted by Gasteiger charge is -2.11. The molecule has 1 aromatic heterocycles. The number of benzene rings is 1. The maximum atomic E-state index is 5.35. The maximum absolute atomic E-state index is 5.35. The summed E-state index contributed by atoms with van der Waals surface area (Å²) < 4.78 is 5.35. The number of hydrogen-bond donors (Lipinski definition) is 1. The molecule has 1 heterocycles. The summed E-state index contributed by atoms with van der Waals surface area (Å²) in [5.74, 6) is 0.934. The molecule has 0 spiro atoms. The van der Waals surface area contributed by atoms with Crippen molar-refractivity contribution in [2.24, 2.45) is 0 Å². The van der Waals surface area contributed by atoms with Crippen LogP contribution in [0.25, 0.3) is 11.1 Å². The minimum absolute atomic E-state index is 0.725. The Balaban J connectivity index is 1.91. The molecule has 0 radical (unpaired) electrons. The molecule has 0 bridgehead atoms. The highest BCUT2D eigenvalue weighted by Gasteiger charge is 2.20. The van der Waals surface area contributed by atoms with Gasteiger partial charge in [-0.15, -0.1) is 11.3 Å².